The smallest absolute Gasteiger partial charge is 0.239 e. The maximum Gasteiger partial charge on any atom is 0.239 e. The van der Waals surface area contributed by atoms with Gasteiger partial charge in [0.15, 0.2) is 0 Å². The average Bonchev–Trinajstić information content (AvgIpc) is 2.18. The number of hydrogen-bond acceptors (Lipinski definition) is 2. The minimum Gasteiger partial charge on any atom is -0.341 e. The molecule has 0 saturated carbocycles. The van der Waals surface area contributed by atoms with E-state index in [9.17, 15) is 4.79 Å². The summed E-state index contributed by atoms with van der Waals surface area (Å²) < 4.78 is 0. The van der Waals surface area contributed by atoms with E-state index in [1.54, 1.807) is 0 Å². The van der Waals surface area contributed by atoms with Crippen molar-refractivity contribution in [3.05, 3.63) is 0 Å². The predicted octanol–water partition coefficient (Wildman–Crippen LogP) is 0.463. The van der Waals surface area contributed by atoms with Crippen LogP contribution in [0.25, 0.3) is 0 Å². The summed E-state index contributed by atoms with van der Waals surface area (Å²) in [5.41, 5.74) is 0. The van der Waals surface area contributed by atoms with E-state index in [4.69, 9.17) is 0 Å². The van der Waals surface area contributed by atoms with Gasteiger partial charge in [0.1, 0.15) is 0 Å². The molecule has 0 bridgehead atoms. The van der Waals surface area contributed by atoms with Gasteiger partial charge < -0.3 is 10.2 Å². The van der Waals surface area contributed by atoms with E-state index < -0.39 is 0 Å². The third-order valence-corrected chi connectivity index (χ3v) is 2.37. The molecule has 0 aromatic carbocycles. The Bertz CT molecular complexity index is 170. The van der Waals surface area contributed by atoms with E-state index in [0.717, 1.165) is 19.6 Å². The Kier molecular flexibility index (Phi) is 3.09. The Morgan fingerprint density at radius 2 is 2.25 bits per heavy atom. The van der Waals surface area contributed by atoms with Crippen LogP contribution in [0.5, 0.6) is 0 Å². The fourth-order valence-corrected chi connectivity index (χ4v) is 1.55. The van der Waals surface area contributed by atoms with Crippen LogP contribution >= 0.6 is 0 Å². The van der Waals surface area contributed by atoms with Crippen LogP contribution < -0.4 is 5.32 Å². The van der Waals surface area contributed by atoms with Crippen molar-refractivity contribution in [2.45, 2.75) is 26.8 Å². The second-order valence-corrected chi connectivity index (χ2v) is 3.61. The van der Waals surface area contributed by atoms with Gasteiger partial charge in [0.2, 0.25) is 5.91 Å². The van der Waals surface area contributed by atoms with Crippen molar-refractivity contribution in [1.29, 1.82) is 0 Å². The summed E-state index contributed by atoms with van der Waals surface area (Å²) >= 11 is 0. The molecule has 1 fully saturated rings. The number of amides is 1. The van der Waals surface area contributed by atoms with Gasteiger partial charge in [-0.15, -0.1) is 0 Å². The van der Waals surface area contributed by atoms with E-state index >= 15 is 0 Å². The lowest BCUT2D eigenvalue weighted by molar-refractivity contribution is -0.132. The maximum absolute atomic E-state index is 11.6. The van der Waals surface area contributed by atoms with Gasteiger partial charge in [0, 0.05) is 19.6 Å². The molecule has 1 aliphatic rings. The normalized spacial score (nSPS) is 31.9. The monoisotopic (exact) mass is 170 g/mol. The van der Waals surface area contributed by atoms with Gasteiger partial charge in [0.25, 0.3) is 0 Å². The van der Waals surface area contributed by atoms with Crippen molar-refractivity contribution in [3.8, 4) is 0 Å². The number of nitrogens with zero attached hydrogens (tertiary/aromatic N) is 1. The number of carbonyl (C=O) groups is 1. The molecule has 3 heteroatoms. The van der Waals surface area contributed by atoms with Crippen molar-refractivity contribution in [1.82, 2.24) is 10.2 Å². The number of hydrogen-bond donors (Lipinski definition) is 1. The molecule has 0 aromatic heterocycles. The van der Waals surface area contributed by atoms with Crippen LogP contribution in [0.4, 0.5) is 0 Å². The number of nitrogens with one attached hydrogen (secondary N) is 1. The van der Waals surface area contributed by atoms with Crippen LogP contribution in [0.3, 0.4) is 0 Å². The van der Waals surface area contributed by atoms with Crippen LogP contribution in [0, 0.1) is 5.92 Å². The molecule has 2 atom stereocenters. The van der Waals surface area contributed by atoms with Crippen molar-refractivity contribution in [2.24, 2.45) is 5.92 Å². The molecular formula is C9H18N2O. The Labute approximate surface area is 74.1 Å². The molecule has 1 amide bonds. The van der Waals surface area contributed by atoms with E-state index in [0.29, 0.717) is 5.92 Å². The van der Waals surface area contributed by atoms with Crippen LogP contribution in [0.15, 0.2) is 0 Å². The Morgan fingerprint density at radius 3 is 2.83 bits per heavy atom. The van der Waals surface area contributed by atoms with Gasteiger partial charge in [-0.2, -0.15) is 0 Å². The fourth-order valence-electron chi connectivity index (χ4n) is 1.55. The average molecular weight is 170 g/mol. The topological polar surface area (TPSA) is 32.3 Å². The van der Waals surface area contributed by atoms with Gasteiger partial charge in [-0.1, -0.05) is 6.92 Å². The fraction of sp³-hybridized carbons (Fsp3) is 0.889. The number of carbonyl (C=O) groups excluding carboxylic acids is 1. The highest BCUT2D eigenvalue weighted by Gasteiger charge is 2.24. The molecule has 70 valence electrons. The van der Waals surface area contributed by atoms with Gasteiger partial charge >= 0.3 is 0 Å². The Hall–Kier alpha value is -0.570. The van der Waals surface area contributed by atoms with Crippen LogP contribution in [-0.2, 0) is 4.79 Å². The largest absolute Gasteiger partial charge is 0.341 e. The van der Waals surface area contributed by atoms with Gasteiger partial charge in [0.05, 0.1) is 6.04 Å². The maximum atomic E-state index is 11.6. The molecule has 1 rings (SSSR count). The summed E-state index contributed by atoms with van der Waals surface area (Å²) in [6.45, 7) is 8.80. The zero-order chi connectivity index (χ0) is 9.14. The molecular weight excluding hydrogens is 152 g/mol. The number of rotatable bonds is 1. The lowest BCUT2D eigenvalue weighted by Crippen LogP contribution is -2.41. The first-order chi connectivity index (χ1) is 5.65. The molecule has 2 unspecified atom stereocenters. The molecule has 1 N–H and O–H groups in total. The first-order valence-electron chi connectivity index (χ1n) is 4.67. The minimum absolute atomic E-state index is 0.00472. The van der Waals surface area contributed by atoms with Crippen molar-refractivity contribution in [2.75, 3.05) is 19.6 Å². The molecule has 1 aliphatic heterocycles. The van der Waals surface area contributed by atoms with E-state index in [1.807, 2.05) is 18.7 Å². The molecule has 0 spiro atoms. The molecule has 1 heterocycles. The lowest BCUT2D eigenvalue weighted by atomic mass is 10.2. The Morgan fingerprint density at radius 1 is 1.58 bits per heavy atom. The van der Waals surface area contributed by atoms with Gasteiger partial charge in [-0.25, -0.2) is 0 Å². The molecule has 1 saturated heterocycles. The summed E-state index contributed by atoms with van der Waals surface area (Å²) in [5.74, 6) is 0.806. The third kappa shape index (κ3) is 1.97. The second kappa shape index (κ2) is 3.90. The molecule has 0 radical (unpaired) electrons. The summed E-state index contributed by atoms with van der Waals surface area (Å²) in [5, 5.41) is 3.22. The van der Waals surface area contributed by atoms with Gasteiger partial charge in [-0.05, 0) is 19.8 Å². The summed E-state index contributed by atoms with van der Waals surface area (Å²) in [7, 11) is 0. The first kappa shape index (κ1) is 9.52. The standard InChI is InChI=1S/C9H18N2O/c1-4-11-6-7(2)5-10-8(3)9(11)12/h7-8,10H,4-6H2,1-3H3. The summed E-state index contributed by atoms with van der Waals surface area (Å²) in [6, 6.07) is -0.00472. The quantitative estimate of drug-likeness (QED) is 0.620. The summed E-state index contributed by atoms with van der Waals surface area (Å²) in [4.78, 5) is 13.5. The SMILES string of the molecule is CCN1CC(C)CNC(C)C1=O. The zero-order valence-corrected chi connectivity index (χ0v) is 8.13. The van der Waals surface area contributed by atoms with Gasteiger partial charge in [-0.3, -0.25) is 4.79 Å². The highest BCUT2D eigenvalue weighted by atomic mass is 16.2. The van der Waals surface area contributed by atoms with Crippen LogP contribution in [0.2, 0.25) is 0 Å². The highest BCUT2D eigenvalue weighted by Crippen LogP contribution is 2.06. The molecule has 12 heavy (non-hydrogen) atoms. The minimum atomic E-state index is -0.00472. The number of likely N-dealkylation sites (N-methyl/N-ethyl adjacent to an activating group) is 1. The van der Waals surface area contributed by atoms with Crippen LogP contribution in [-0.4, -0.2) is 36.5 Å². The van der Waals surface area contributed by atoms with Crippen LogP contribution in [0.1, 0.15) is 20.8 Å². The summed E-state index contributed by atoms with van der Waals surface area (Å²) in [6.07, 6.45) is 0. The van der Waals surface area contributed by atoms with E-state index in [-0.39, 0.29) is 11.9 Å². The van der Waals surface area contributed by atoms with Crippen molar-refractivity contribution < 1.29 is 4.79 Å². The molecule has 0 aromatic rings. The Balaban J connectivity index is 2.64. The predicted molar refractivity (Wildman–Crippen MR) is 48.9 cm³/mol. The van der Waals surface area contributed by atoms with Crippen molar-refractivity contribution in [3.63, 3.8) is 0 Å². The van der Waals surface area contributed by atoms with E-state index in [2.05, 4.69) is 12.2 Å². The molecule has 0 aliphatic carbocycles. The third-order valence-electron chi connectivity index (χ3n) is 2.37. The molecule has 3 nitrogen and oxygen atoms in total. The highest BCUT2D eigenvalue weighted by molar-refractivity contribution is 5.81. The van der Waals surface area contributed by atoms with Crippen molar-refractivity contribution >= 4 is 5.91 Å². The second-order valence-electron chi connectivity index (χ2n) is 3.61. The first-order valence-corrected chi connectivity index (χ1v) is 4.67. The lowest BCUT2D eigenvalue weighted by Gasteiger charge is -2.21. The zero-order valence-electron chi connectivity index (χ0n) is 8.13. The van der Waals surface area contributed by atoms with E-state index in [1.165, 1.54) is 0 Å².